The Kier molecular flexibility index (Phi) is 11.3. The van der Waals surface area contributed by atoms with E-state index in [9.17, 15) is 14.4 Å². The summed E-state index contributed by atoms with van der Waals surface area (Å²) < 4.78 is 14.1. The van der Waals surface area contributed by atoms with E-state index < -0.39 is 7.82 Å². The first-order valence-corrected chi connectivity index (χ1v) is 6.04. The summed E-state index contributed by atoms with van der Waals surface area (Å²) in [6, 6.07) is 0. The van der Waals surface area contributed by atoms with Crippen molar-refractivity contribution >= 4 is 30.9 Å². The fraction of sp³-hybridized carbons (Fsp3) is 1.00. The van der Waals surface area contributed by atoms with E-state index in [-0.39, 0.29) is 29.7 Å². The smallest absolute Gasteiger partial charge is 0.790 e. The zero-order chi connectivity index (χ0) is 10.3. The van der Waals surface area contributed by atoms with E-state index in [1.165, 1.54) is 0 Å². The van der Waals surface area contributed by atoms with Gasteiger partial charge < -0.3 is 18.9 Å². The molecule has 0 saturated heterocycles. The molecule has 0 saturated carbocycles. The van der Waals surface area contributed by atoms with Crippen molar-refractivity contribution in [2.45, 2.75) is 39.5 Å². The third kappa shape index (κ3) is 15.4. The molecule has 0 unspecified atom stereocenters. The van der Waals surface area contributed by atoms with E-state index >= 15 is 0 Å². The fourth-order valence-electron chi connectivity index (χ4n) is 1.01. The van der Waals surface area contributed by atoms with E-state index in [0.29, 0.717) is 12.3 Å². The Labute approximate surface area is 102 Å². The monoisotopic (exact) mass is 232 g/mol. The van der Waals surface area contributed by atoms with Gasteiger partial charge in [0.2, 0.25) is 0 Å². The van der Waals surface area contributed by atoms with Crippen molar-refractivity contribution in [2.75, 3.05) is 6.61 Å². The molecule has 0 amide bonds. The summed E-state index contributed by atoms with van der Waals surface area (Å²) in [7, 11) is -4.73. The second-order valence-electron chi connectivity index (χ2n) is 3.52. The SMILES string of the molecule is CC(C)CCCCCOP(=O)([O-])[O-].[Mg+2]. The number of phosphoric ester groups is 1. The van der Waals surface area contributed by atoms with Crippen LogP contribution in [0.25, 0.3) is 0 Å². The Morgan fingerprint density at radius 3 is 2.21 bits per heavy atom. The van der Waals surface area contributed by atoms with Crippen LogP contribution in [0.1, 0.15) is 39.5 Å². The second kappa shape index (κ2) is 9.13. The van der Waals surface area contributed by atoms with Gasteiger partial charge in [0.05, 0.1) is 14.4 Å². The zero-order valence-electron chi connectivity index (χ0n) is 8.90. The molecule has 0 bridgehead atoms. The minimum atomic E-state index is -4.73. The van der Waals surface area contributed by atoms with Crippen LogP contribution < -0.4 is 9.79 Å². The molecule has 0 N–H and O–H groups in total. The van der Waals surface area contributed by atoms with Gasteiger partial charge in [-0.3, -0.25) is 0 Å². The van der Waals surface area contributed by atoms with Gasteiger partial charge in [0.15, 0.2) is 0 Å². The number of phosphoric acid groups is 1. The van der Waals surface area contributed by atoms with Crippen LogP contribution in [-0.4, -0.2) is 29.7 Å². The van der Waals surface area contributed by atoms with Gasteiger partial charge in [-0.05, 0) is 12.3 Å². The van der Waals surface area contributed by atoms with Crippen LogP contribution in [0.4, 0.5) is 0 Å². The molecule has 6 heteroatoms. The summed E-state index contributed by atoms with van der Waals surface area (Å²) in [6.45, 7) is 4.31. The molecule has 14 heavy (non-hydrogen) atoms. The van der Waals surface area contributed by atoms with E-state index in [2.05, 4.69) is 18.4 Å². The molecule has 0 aliphatic carbocycles. The van der Waals surface area contributed by atoms with Crippen molar-refractivity contribution < 1.29 is 18.9 Å². The van der Waals surface area contributed by atoms with Gasteiger partial charge in [-0.2, -0.15) is 0 Å². The molecule has 0 aromatic rings. The molecule has 4 nitrogen and oxygen atoms in total. The summed E-state index contributed by atoms with van der Waals surface area (Å²) >= 11 is 0. The van der Waals surface area contributed by atoms with Crippen molar-refractivity contribution in [3.63, 3.8) is 0 Å². The third-order valence-electron chi connectivity index (χ3n) is 1.68. The maximum absolute atomic E-state index is 10.0. The van der Waals surface area contributed by atoms with Crippen LogP contribution in [-0.2, 0) is 9.09 Å². The maximum Gasteiger partial charge on any atom is 2.00 e. The van der Waals surface area contributed by atoms with E-state index in [4.69, 9.17) is 0 Å². The van der Waals surface area contributed by atoms with Crippen molar-refractivity contribution in [1.82, 2.24) is 0 Å². The van der Waals surface area contributed by atoms with E-state index in [0.717, 1.165) is 19.3 Å². The van der Waals surface area contributed by atoms with Gasteiger partial charge >= 0.3 is 23.1 Å². The molecular formula is C8H17MgO4P. The van der Waals surface area contributed by atoms with Gasteiger partial charge in [0, 0.05) is 0 Å². The molecule has 0 atom stereocenters. The first-order valence-electron chi connectivity index (χ1n) is 4.58. The summed E-state index contributed by atoms with van der Waals surface area (Å²) in [5.74, 6) is 0.672. The molecule has 0 radical (unpaired) electrons. The Morgan fingerprint density at radius 2 is 1.79 bits per heavy atom. The van der Waals surface area contributed by atoms with Crippen LogP contribution in [0, 0.1) is 5.92 Å². The van der Waals surface area contributed by atoms with Crippen LogP contribution in [0.15, 0.2) is 0 Å². The first-order chi connectivity index (χ1) is 5.92. The summed E-state index contributed by atoms with van der Waals surface area (Å²) in [4.78, 5) is 20.0. The van der Waals surface area contributed by atoms with Gasteiger partial charge in [-0.15, -0.1) is 0 Å². The Morgan fingerprint density at radius 1 is 1.21 bits per heavy atom. The quantitative estimate of drug-likeness (QED) is 0.367. The molecule has 0 rings (SSSR count). The van der Waals surface area contributed by atoms with Crippen molar-refractivity contribution in [2.24, 2.45) is 5.92 Å². The number of hydrogen-bond acceptors (Lipinski definition) is 4. The molecule has 0 aliphatic heterocycles. The zero-order valence-corrected chi connectivity index (χ0v) is 11.2. The molecule has 0 aromatic heterocycles. The van der Waals surface area contributed by atoms with Crippen molar-refractivity contribution in [3.8, 4) is 0 Å². The Hall–Kier alpha value is 0.876. The van der Waals surface area contributed by atoms with Crippen LogP contribution in [0.3, 0.4) is 0 Å². The average molecular weight is 232 g/mol. The number of unbranched alkanes of at least 4 members (excludes halogenated alkanes) is 2. The van der Waals surface area contributed by atoms with E-state index in [1.54, 1.807) is 0 Å². The van der Waals surface area contributed by atoms with Crippen LogP contribution >= 0.6 is 7.82 Å². The minimum absolute atomic E-state index is 0. The summed E-state index contributed by atoms with van der Waals surface area (Å²) in [6.07, 6.45) is 3.74. The second-order valence-corrected chi connectivity index (χ2v) is 4.68. The van der Waals surface area contributed by atoms with Gasteiger partial charge in [0.25, 0.3) is 0 Å². The van der Waals surface area contributed by atoms with Crippen molar-refractivity contribution in [3.05, 3.63) is 0 Å². The molecule has 80 valence electrons. The normalized spacial score (nSPS) is 11.5. The number of hydrogen-bond donors (Lipinski definition) is 0. The Bertz CT molecular complexity index is 169. The van der Waals surface area contributed by atoms with E-state index in [1.807, 2.05) is 0 Å². The molecular weight excluding hydrogens is 215 g/mol. The summed E-state index contributed by atoms with van der Waals surface area (Å²) in [5.41, 5.74) is 0. The van der Waals surface area contributed by atoms with Crippen molar-refractivity contribution in [1.29, 1.82) is 0 Å². The predicted molar refractivity (Wildman–Crippen MR) is 52.6 cm³/mol. The van der Waals surface area contributed by atoms with Crippen LogP contribution in [0.5, 0.6) is 0 Å². The molecule has 0 fully saturated rings. The first kappa shape index (κ1) is 17.3. The summed E-state index contributed by atoms with van der Waals surface area (Å²) in [5, 5.41) is 0. The largest absolute Gasteiger partial charge is 2.00 e. The predicted octanol–water partition coefficient (Wildman–Crippen LogP) is 0.667. The van der Waals surface area contributed by atoms with Gasteiger partial charge in [-0.1, -0.05) is 33.1 Å². The maximum atomic E-state index is 10.0. The van der Waals surface area contributed by atoms with Gasteiger partial charge in [0.1, 0.15) is 0 Å². The third-order valence-corrected chi connectivity index (χ3v) is 2.17. The fourth-order valence-corrected chi connectivity index (χ4v) is 1.36. The molecule has 0 aromatic carbocycles. The molecule has 0 aliphatic rings. The van der Waals surface area contributed by atoms with Crippen LogP contribution in [0.2, 0.25) is 0 Å². The number of rotatable bonds is 7. The topological polar surface area (TPSA) is 72.4 Å². The minimum Gasteiger partial charge on any atom is -0.790 e. The standard InChI is InChI=1S/C8H19O4P.Mg/c1-8(2)6-4-3-5-7-12-13(9,10)11;/h8H,3-7H2,1-2H3,(H2,9,10,11);/q;+2/p-2. The average Bonchev–Trinajstić information content (AvgIpc) is 1.93. The molecule has 0 heterocycles. The Balaban J connectivity index is 0. The van der Waals surface area contributed by atoms with Gasteiger partial charge in [-0.25, -0.2) is 0 Å². The molecule has 0 spiro atoms.